The van der Waals surface area contributed by atoms with E-state index < -0.39 is 5.97 Å². The fourth-order valence-corrected chi connectivity index (χ4v) is 10.5. The van der Waals surface area contributed by atoms with Gasteiger partial charge in [0, 0.05) is 88.8 Å². The fraction of sp³-hybridized carbons (Fsp3) is 0.346. The number of carbonyl (C=O) groups excluding carboxylic acids is 2. The summed E-state index contributed by atoms with van der Waals surface area (Å²) in [5.41, 5.74) is 12.0. The first-order valence-corrected chi connectivity index (χ1v) is 22.2. The molecule has 0 saturated carbocycles. The van der Waals surface area contributed by atoms with Crippen molar-refractivity contribution < 1.29 is 24.2 Å². The Kier molecular flexibility index (Phi) is 10.4. The van der Waals surface area contributed by atoms with Crippen molar-refractivity contribution in [2.24, 2.45) is 0 Å². The van der Waals surface area contributed by atoms with Gasteiger partial charge in [0.05, 0.1) is 11.1 Å². The molecule has 0 atom stereocenters. The van der Waals surface area contributed by atoms with Gasteiger partial charge in [-0.1, -0.05) is 60.7 Å². The van der Waals surface area contributed by atoms with E-state index in [-0.39, 0.29) is 17.1 Å². The summed E-state index contributed by atoms with van der Waals surface area (Å²) in [6.07, 6.45) is 11.4. The van der Waals surface area contributed by atoms with Crippen LogP contribution in [0.5, 0.6) is 11.5 Å². The van der Waals surface area contributed by atoms with Gasteiger partial charge in [0.2, 0.25) is 5.36 Å². The highest BCUT2D eigenvalue weighted by atomic mass is 16.5. The van der Waals surface area contributed by atoms with Crippen LogP contribution in [0.1, 0.15) is 127 Å². The van der Waals surface area contributed by atoms with E-state index in [0.717, 1.165) is 124 Å². The van der Waals surface area contributed by atoms with Crippen LogP contribution in [0, 0.1) is 0 Å². The molecule has 304 valence electrons. The summed E-state index contributed by atoms with van der Waals surface area (Å²) in [4.78, 5) is 42.6. The average Bonchev–Trinajstić information content (AvgIpc) is 3.63. The molecule has 0 unspecified atom stereocenters. The van der Waals surface area contributed by atoms with Crippen LogP contribution in [0.2, 0.25) is 0 Å². The van der Waals surface area contributed by atoms with Gasteiger partial charge in [0.15, 0.2) is 11.6 Å². The number of benzene rings is 5. The lowest BCUT2D eigenvalue weighted by Crippen LogP contribution is -2.41. The molecule has 8 nitrogen and oxygen atoms in total. The third kappa shape index (κ3) is 7.04. The van der Waals surface area contributed by atoms with Crippen molar-refractivity contribution in [2.75, 3.05) is 37.6 Å². The number of carboxylic acids is 1. The summed E-state index contributed by atoms with van der Waals surface area (Å²) in [7, 11) is 0. The lowest BCUT2D eigenvalue weighted by molar-refractivity contribution is 0.0695. The molecule has 0 radical (unpaired) electrons. The Morgan fingerprint density at radius 2 is 1.45 bits per heavy atom. The Hall–Kier alpha value is -5.86. The second-order valence-electron chi connectivity index (χ2n) is 17.2. The Labute approximate surface area is 351 Å². The van der Waals surface area contributed by atoms with Crippen LogP contribution >= 0.6 is 0 Å². The van der Waals surface area contributed by atoms with E-state index in [0.29, 0.717) is 48.2 Å². The highest BCUT2D eigenvalue weighted by molar-refractivity contribution is 6.09. The number of ether oxygens (including phenoxy) is 1. The van der Waals surface area contributed by atoms with E-state index in [1.807, 2.05) is 60.7 Å². The molecule has 10 rings (SSSR count). The molecule has 5 aromatic carbocycles. The number of hydrogen-bond donors (Lipinski definition) is 2. The van der Waals surface area contributed by atoms with Crippen LogP contribution in [-0.2, 0) is 32.2 Å². The predicted molar refractivity (Wildman–Crippen MR) is 235 cm³/mol. The van der Waals surface area contributed by atoms with Gasteiger partial charge in [0.1, 0.15) is 24.6 Å². The van der Waals surface area contributed by atoms with Crippen molar-refractivity contribution >= 4 is 28.8 Å². The van der Waals surface area contributed by atoms with Crippen molar-refractivity contribution in [3.63, 3.8) is 0 Å². The summed E-state index contributed by atoms with van der Waals surface area (Å²) < 4.78 is 9.82. The van der Waals surface area contributed by atoms with Crippen LogP contribution in [-0.4, -0.2) is 55.4 Å². The van der Waals surface area contributed by atoms with E-state index in [4.69, 9.17) is 4.74 Å². The number of nitrogens with zero attached hydrogens (tertiary/aromatic N) is 2. The third-order valence-corrected chi connectivity index (χ3v) is 13.4. The Morgan fingerprint density at radius 3 is 2.30 bits per heavy atom. The molecule has 60 heavy (non-hydrogen) atoms. The molecule has 8 heteroatoms. The number of anilines is 1. The zero-order chi connectivity index (χ0) is 40.7. The summed E-state index contributed by atoms with van der Waals surface area (Å²) >= 11 is 0. The summed E-state index contributed by atoms with van der Waals surface area (Å²) in [5.74, 6) is 0.745. The predicted octanol–water partition coefficient (Wildman–Crippen LogP) is 7.58. The van der Waals surface area contributed by atoms with Crippen molar-refractivity contribution in [1.82, 2.24) is 9.89 Å². The second-order valence-corrected chi connectivity index (χ2v) is 17.2. The number of aromatic carboxylic acids is 1. The SMILES string of the molecule is O=C(CCCNCc1ccc(C(=O)c2ccccc2)cc1)c1ccc(C(=O)O)c(C2=c3cc4c5c(c3Oc3c2cc2c6c3CCCN6CCCC2)CCC[N+]=5CCCC4)c1. The number of nitrogens with one attached hydrogen (secondary N) is 1. The molecule has 5 heterocycles. The minimum Gasteiger partial charge on any atom is -0.478 e. The smallest absolute Gasteiger partial charge is 0.336 e. The van der Waals surface area contributed by atoms with E-state index in [1.54, 1.807) is 12.1 Å². The van der Waals surface area contributed by atoms with Gasteiger partial charge in [-0.15, -0.1) is 0 Å². The Morgan fingerprint density at radius 1 is 0.700 bits per heavy atom. The van der Waals surface area contributed by atoms with Crippen LogP contribution in [0.4, 0.5) is 5.69 Å². The quantitative estimate of drug-likeness (QED) is 0.0793. The van der Waals surface area contributed by atoms with Crippen LogP contribution in [0.15, 0.2) is 84.9 Å². The first kappa shape index (κ1) is 38.3. The van der Waals surface area contributed by atoms with Crippen molar-refractivity contribution in [2.45, 2.75) is 83.6 Å². The van der Waals surface area contributed by atoms with E-state index in [1.165, 1.54) is 33.3 Å². The maximum atomic E-state index is 14.0. The lowest BCUT2D eigenvalue weighted by Gasteiger charge is -2.35. The normalized spacial score (nSPS) is 16.4. The van der Waals surface area contributed by atoms with Crippen LogP contribution in [0.25, 0.3) is 5.57 Å². The summed E-state index contributed by atoms with van der Waals surface area (Å²) in [6.45, 7) is 5.46. The number of ketones is 2. The summed E-state index contributed by atoms with van der Waals surface area (Å²) in [5, 5.41) is 16.5. The third-order valence-electron chi connectivity index (χ3n) is 13.4. The molecule has 5 aliphatic heterocycles. The van der Waals surface area contributed by atoms with Crippen molar-refractivity contribution in [1.29, 1.82) is 0 Å². The minimum absolute atomic E-state index is 0.00249. The number of aryl methyl sites for hydroxylation is 2. The number of Topliss-reactive ketones (excluding diaryl/α,β-unsaturated/α-hetero) is 1. The van der Waals surface area contributed by atoms with Gasteiger partial charge >= 0.3 is 5.97 Å². The molecular formula is C52H52N3O5+. The summed E-state index contributed by atoms with van der Waals surface area (Å²) in [6, 6.07) is 26.8. The molecule has 5 aliphatic rings. The molecule has 0 saturated heterocycles. The van der Waals surface area contributed by atoms with Gasteiger partial charge < -0.3 is 20.1 Å². The highest BCUT2D eigenvalue weighted by Crippen LogP contribution is 2.48. The standard InChI is InChI=1S/C52H51N3O5/c56-45(17-8-24-53-32-33-18-20-35(21-19-33)49(57)34-11-2-1-3-12-34)36-22-23-39(52(58)59)42(29-36)46-43-30-37-13-4-6-25-54-27-9-15-40(47(37)54)50(43)60-51-41-16-10-28-55-26-7-5-14-38(48(41)55)31-44(46)51/h1-3,11-12,18-23,29-31,53H,4-10,13-17,24-28,32H2/p+1. The fourth-order valence-electron chi connectivity index (χ4n) is 10.5. The monoisotopic (exact) mass is 798 g/mol. The molecule has 0 spiro atoms. The number of rotatable bonds is 11. The van der Waals surface area contributed by atoms with E-state index in [2.05, 4.69) is 26.9 Å². The van der Waals surface area contributed by atoms with Crippen LogP contribution in [0.3, 0.4) is 0 Å². The topological polar surface area (TPSA) is 99.0 Å². The number of hydrogen-bond acceptors (Lipinski definition) is 6. The Bertz CT molecular complexity index is 2680. The molecule has 0 aromatic heterocycles. The lowest BCUT2D eigenvalue weighted by atomic mass is 9.82. The first-order chi connectivity index (χ1) is 29.4. The van der Waals surface area contributed by atoms with Gasteiger partial charge in [-0.05, 0) is 105 Å². The average molecular weight is 799 g/mol. The zero-order valence-electron chi connectivity index (χ0n) is 34.3. The molecule has 2 N–H and O–H groups in total. The molecular weight excluding hydrogens is 747 g/mol. The van der Waals surface area contributed by atoms with Crippen molar-refractivity contribution in [3.8, 4) is 11.5 Å². The van der Waals surface area contributed by atoms with Crippen molar-refractivity contribution in [3.05, 3.63) is 157 Å². The number of fused-ring (bicyclic) bond motifs is 4. The molecule has 0 amide bonds. The minimum atomic E-state index is -1.00. The van der Waals surface area contributed by atoms with E-state index in [9.17, 15) is 19.5 Å². The zero-order valence-corrected chi connectivity index (χ0v) is 34.3. The second kappa shape index (κ2) is 16.3. The number of carboxylic acid groups (broad SMARTS) is 1. The largest absolute Gasteiger partial charge is 0.478 e. The maximum Gasteiger partial charge on any atom is 0.336 e. The molecule has 0 aliphatic carbocycles. The molecule has 0 fully saturated rings. The highest BCUT2D eigenvalue weighted by Gasteiger charge is 2.36. The van der Waals surface area contributed by atoms with Gasteiger partial charge in [0.25, 0.3) is 0 Å². The first-order valence-electron chi connectivity index (χ1n) is 22.2. The van der Waals surface area contributed by atoms with Gasteiger partial charge in [-0.2, -0.15) is 0 Å². The van der Waals surface area contributed by atoms with Gasteiger partial charge in [-0.25, -0.2) is 9.37 Å². The molecule has 0 bridgehead atoms. The van der Waals surface area contributed by atoms with Gasteiger partial charge in [-0.3, -0.25) is 9.59 Å². The Balaban J connectivity index is 0.985. The maximum absolute atomic E-state index is 14.0. The number of carbonyl (C=O) groups is 3. The van der Waals surface area contributed by atoms with E-state index >= 15 is 0 Å². The van der Waals surface area contributed by atoms with Crippen LogP contribution < -0.4 is 30.1 Å². The molecule has 5 aromatic rings.